The monoisotopic (exact) mass is 198 g/mol. The lowest BCUT2D eigenvalue weighted by molar-refractivity contribution is -0.140. The normalized spacial score (nSPS) is 10.3. The lowest BCUT2D eigenvalue weighted by Crippen LogP contribution is -2.11. The second kappa shape index (κ2) is 7.60. The molecular weight excluding hydrogens is 176 g/mol. The van der Waals surface area contributed by atoms with Crippen LogP contribution in [0.1, 0.15) is 46.5 Å². The Balaban J connectivity index is 3.60. The maximum Gasteiger partial charge on any atom is 0.333 e. The zero-order valence-electron chi connectivity index (χ0n) is 9.64. The predicted molar refractivity (Wildman–Crippen MR) is 59.1 cm³/mol. The maximum atomic E-state index is 11.3. The topological polar surface area (TPSA) is 26.3 Å². The molecule has 0 heterocycles. The highest BCUT2D eigenvalue weighted by atomic mass is 16.5. The van der Waals surface area contributed by atoms with Gasteiger partial charge in [-0.1, -0.05) is 40.2 Å². The van der Waals surface area contributed by atoms with Crippen LogP contribution in [0.25, 0.3) is 0 Å². The van der Waals surface area contributed by atoms with Gasteiger partial charge in [0.05, 0.1) is 6.61 Å². The highest BCUT2D eigenvalue weighted by Gasteiger charge is 2.08. The second-order valence-electron chi connectivity index (χ2n) is 4.05. The molecule has 0 N–H and O–H groups in total. The van der Waals surface area contributed by atoms with Gasteiger partial charge < -0.3 is 4.74 Å². The number of unbranched alkanes of at least 4 members (excludes halogenated alkanes) is 2. The summed E-state index contributed by atoms with van der Waals surface area (Å²) >= 11 is 0. The van der Waals surface area contributed by atoms with E-state index in [4.69, 9.17) is 4.74 Å². The van der Waals surface area contributed by atoms with Gasteiger partial charge >= 0.3 is 5.97 Å². The minimum Gasteiger partial charge on any atom is -0.462 e. The van der Waals surface area contributed by atoms with E-state index in [0.717, 1.165) is 25.7 Å². The van der Waals surface area contributed by atoms with E-state index in [1.165, 1.54) is 0 Å². The molecule has 0 aliphatic carbocycles. The molecule has 0 amide bonds. The molecule has 0 fully saturated rings. The van der Waals surface area contributed by atoms with Crippen molar-refractivity contribution in [1.29, 1.82) is 0 Å². The zero-order chi connectivity index (χ0) is 11.0. The van der Waals surface area contributed by atoms with Crippen LogP contribution in [-0.4, -0.2) is 12.6 Å². The van der Waals surface area contributed by atoms with Crippen LogP contribution in [-0.2, 0) is 9.53 Å². The molecule has 14 heavy (non-hydrogen) atoms. The van der Waals surface area contributed by atoms with Gasteiger partial charge in [-0.25, -0.2) is 4.79 Å². The molecule has 0 saturated heterocycles. The third-order valence-corrected chi connectivity index (χ3v) is 1.92. The average Bonchev–Trinajstić information content (AvgIpc) is 2.14. The summed E-state index contributed by atoms with van der Waals surface area (Å²) in [5.74, 6) is 0.164. The van der Waals surface area contributed by atoms with Crippen molar-refractivity contribution < 1.29 is 9.53 Å². The van der Waals surface area contributed by atoms with Crippen molar-refractivity contribution >= 4 is 5.97 Å². The standard InChI is InChI=1S/C12H22O2/c1-5-6-7-8-11(4)12(13)14-9-10(2)3/h10H,4-9H2,1-3H3. The molecule has 0 spiro atoms. The third kappa shape index (κ3) is 6.70. The number of ether oxygens (including phenoxy) is 1. The van der Waals surface area contributed by atoms with Crippen molar-refractivity contribution in [2.45, 2.75) is 46.5 Å². The minimum absolute atomic E-state index is 0.227. The molecule has 0 aromatic carbocycles. The molecule has 0 rings (SSSR count). The van der Waals surface area contributed by atoms with Crippen molar-refractivity contribution in [2.75, 3.05) is 6.61 Å². The number of carbonyl (C=O) groups excluding carboxylic acids is 1. The SMILES string of the molecule is C=C(CCCCC)C(=O)OCC(C)C. The van der Waals surface area contributed by atoms with Crippen molar-refractivity contribution in [3.63, 3.8) is 0 Å². The Labute approximate surface area is 87.3 Å². The summed E-state index contributed by atoms with van der Waals surface area (Å²) in [5, 5.41) is 0. The summed E-state index contributed by atoms with van der Waals surface area (Å²) in [6.07, 6.45) is 4.11. The molecular formula is C12H22O2. The first kappa shape index (κ1) is 13.2. The molecule has 2 nitrogen and oxygen atoms in total. The third-order valence-electron chi connectivity index (χ3n) is 1.92. The number of rotatable bonds is 7. The van der Waals surface area contributed by atoms with Crippen LogP contribution in [0.4, 0.5) is 0 Å². The Hall–Kier alpha value is -0.790. The zero-order valence-corrected chi connectivity index (χ0v) is 9.64. The summed E-state index contributed by atoms with van der Waals surface area (Å²) in [4.78, 5) is 11.3. The van der Waals surface area contributed by atoms with E-state index in [2.05, 4.69) is 13.5 Å². The summed E-state index contributed by atoms with van der Waals surface area (Å²) in [6.45, 7) is 10.4. The Morgan fingerprint density at radius 2 is 2.00 bits per heavy atom. The quantitative estimate of drug-likeness (QED) is 0.356. The van der Waals surface area contributed by atoms with Gasteiger partial charge in [-0.3, -0.25) is 0 Å². The largest absolute Gasteiger partial charge is 0.462 e. The van der Waals surface area contributed by atoms with Gasteiger partial charge in [-0.15, -0.1) is 0 Å². The molecule has 0 unspecified atom stereocenters. The Bertz CT molecular complexity index is 183. The van der Waals surface area contributed by atoms with Gasteiger partial charge in [0.2, 0.25) is 0 Å². The molecule has 0 aromatic heterocycles. The van der Waals surface area contributed by atoms with E-state index < -0.39 is 0 Å². The number of hydrogen-bond acceptors (Lipinski definition) is 2. The maximum absolute atomic E-state index is 11.3. The fourth-order valence-electron chi connectivity index (χ4n) is 1.03. The lowest BCUT2D eigenvalue weighted by atomic mass is 10.1. The average molecular weight is 198 g/mol. The van der Waals surface area contributed by atoms with Crippen LogP contribution in [0.3, 0.4) is 0 Å². The smallest absolute Gasteiger partial charge is 0.333 e. The summed E-state index contributed by atoms with van der Waals surface area (Å²) < 4.78 is 5.06. The van der Waals surface area contributed by atoms with Gasteiger partial charge in [-0.2, -0.15) is 0 Å². The van der Waals surface area contributed by atoms with Gasteiger partial charge in [0.25, 0.3) is 0 Å². The molecule has 82 valence electrons. The minimum atomic E-state index is -0.227. The fraction of sp³-hybridized carbons (Fsp3) is 0.750. The van der Waals surface area contributed by atoms with E-state index in [-0.39, 0.29) is 5.97 Å². The van der Waals surface area contributed by atoms with Crippen molar-refractivity contribution in [1.82, 2.24) is 0 Å². The van der Waals surface area contributed by atoms with Gasteiger partial charge in [-0.05, 0) is 18.8 Å². The Morgan fingerprint density at radius 1 is 1.36 bits per heavy atom. The number of carbonyl (C=O) groups is 1. The predicted octanol–water partition coefficient (Wildman–Crippen LogP) is 3.32. The molecule has 0 radical (unpaired) electrons. The summed E-state index contributed by atoms with van der Waals surface area (Å²) in [6, 6.07) is 0. The van der Waals surface area contributed by atoms with Gasteiger partial charge in [0.1, 0.15) is 0 Å². The first-order valence-electron chi connectivity index (χ1n) is 5.42. The van der Waals surface area contributed by atoms with Crippen LogP contribution in [0.15, 0.2) is 12.2 Å². The molecule has 0 aromatic rings. The van der Waals surface area contributed by atoms with E-state index >= 15 is 0 Å². The Kier molecular flexibility index (Phi) is 7.17. The highest BCUT2D eigenvalue weighted by Crippen LogP contribution is 2.09. The fourth-order valence-corrected chi connectivity index (χ4v) is 1.03. The van der Waals surface area contributed by atoms with Crippen LogP contribution in [0.2, 0.25) is 0 Å². The number of esters is 1. The van der Waals surface area contributed by atoms with E-state index in [1.807, 2.05) is 13.8 Å². The van der Waals surface area contributed by atoms with Crippen LogP contribution < -0.4 is 0 Å². The van der Waals surface area contributed by atoms with Gasteiger partial charge in [0.15, 0.2) is 0 Å². The lowest BCUT2D eigenvalue weighted by Gasteiger charge is -2.08. The summed E-state index contributed by atoms with van der Waals surface area (Å²) in [5.41, 5.74) is 0.610. The van der Waals surface area contributed by atoms with Crippen LogP contribution >= 0.6 is 0 Å². The molecule has 2 heteroatoms. The first-order valence-corrected chi connectivity index (χ1v) is 5.42. The van der Waals surface area contributed by atoms with Crippen molar-refractivity contribution in [3.8, 4) is 0 Å². The molecule has 0 saturated carbocycles. The second-order valence-corrected chi connectivity index (χ2v) is 4.05. The van der Waals surface area contributed by atoms with E-state index in [1.54, 1.807) is 0 Å². The highest BCUT2D eigenvalue weighted by molar-refractivity contribution is 5.87. The van der Waals surface area contributed by atoms with Crippen LogP contribution in [0.5, 0.6) is 0 Å². The Morgan fingerprint density at radius 3 is 2.50 bits per heavy atom. The van der Waals surface area contributed by atoms with E-state index in [0.29, 0.717) is 18.1 Å². The van der Waals surface area contributed by atoms with Crippen LogP contribution in [0, 0.1) is 5.92 Å². The molecule has 0 bridgehead atoms. The summed E-state index contributed by atoms with van der Waals surface area (Å²) in [7, 11) is 0. The molecule has 0 aliphatic heterocycles. The number of hydrogen-bond donors (Lipinski definition) is 0. The first-order chi connectivity index (χ1) is 6.57. The molecule has 0 aliphatic rings. The van der Waals surface area contributed by atoms with E-state index in [9.17, 15) is 4.79 Å². The molecule has 0 atom stereocenters. The van der Waals surface area contributed by atoms with Crippen molar-refractivity contribution in [2.24, 2.45) is 5.92 Å². The van der Waals surface area contributed by atoms with Gasteiger partial charge in [0, 0.05) is 5.57 Å². The van der Waals surface area contributed by atoms with Crippen molar-refractivity contribution in [3.05, 3.63) is 12.2 Å².